The maximum atomic E-state index is 11.2. The molecule has 0 saturated heterocycles. The SMILES string of the molecule is O=C(CS)Oc1cccc2cccc(Cl)c12. The molecule has 0 bridgehead atoms. The third-order valence-electron chi connectivity index (χ3n) is 2.17. The summed E-state index contributed by atoms with van der Waals surface area (Å²) >= 11 is 9.94. The molecule has 2 aromatic rings. The van der Waals surface area contributed by atoms with Gasteiger partial charge < -0.3 is 4.74 Å². The van der Waals surface area contributed by atoms with Crippen molar-refractivity contribution in [2.75, 3.05) is 5.75 Å². The minimum Gasteiger partial charge on any atom is -0.425 e. The van der Waals surface area contributed by atoms with Gasteiger partial charge in [-0.2, -0.15) is 12.6 Å². The van der Waals surface area contributed by atoms with E-state index in [0.717, 1.165) is 10.8 Å². The summed E-state index contributed by atoms with van der Waals surface area (Å²) in [6.45, 7) is 0. The van der Waals surface area contributed by atoms with Crippen LogP contribution in [0.5, 0.6) is 5.75 Å². The molecule has 0 atom stereocenters. The van der Waals surface area contributed by atoms with Crippen LogP contribution < -0.4 is 4.74 Å². The van der Waals surface area contributed by atoms with Gasteiger partial charge in [-0.3, -0.25) is 4.79 Å². The largest absolute Gasteiger partial charge is 0.425 e. The van der Waals surface area contributed by atoms with Gasteiger partial charge in [0.2, 0.25) is 0 Å². The molecule has 2 rings (SSSR count). The molecule has 0 radical (unpaired) electrons. The number of hydrogen-bond donors (Lipinski definition) is 1. The van der Waals surface area contributed by atoms with Crippen LogP contribution in [-0.2, 0) is 4.79 Å². The molecule has 0 aromatic heterocycles. The summed E-state index contributed by atoms with van der Waals surface area (Å²) in [4.78, 5) is 11.2. The molecule has 0 unspecified atom stereocenters. The second-order valence-electron chi connectivity index (χ2n) is 3.23. The summed E-state index contributed by atoms with van der Waals surface area (Å²) in [6.07, 6.45) is 0. The molecule has 82 valence electrons. The van der Waals surface area contributed by atoms with Crippen molar-refractivity contribution in [3.05, 3.63) is 41.4 Å². The van der Waals surface area contributed by atoms with E-state index in [-0.39, 0.29) is 5.75 Å². The zero-order valence-electron chi connectivity index (χ0n) is 8.31. The van der Waals surface area contributed by atoms with Crippen LogP contribution in [0.3, 0.4) is 0 Å². The van der Waals surface area contributed by atoms with E-state index in [4.69, 9.17) is 16.3 Å². The smallest absolute Gasteiger partial charge is 0.321 e. The Balaban J connectivity index is 2.56. The Kier molecular flexibility index (Phi) is 3.36. The number of fused-ring (bicyclic) bond motifs is 1. The highest BCUT2D eigenvalue weighted by molar-refractivity contribution is 7.81. The monoisotopic (exact) mass is 252 g/mol. The fourth-order valence-electron chi connectivity index (χ4n) is 1.50. The number of halogens is 1. The number of carbonyl (C=O) groups is 1. The quantitative estimate of drug-likeness (QED) is 0.504. The lowest BCUT2D eigenvalue weighted by molar-refractivity contribution is -0.131. The summed E-state index contributed by atoms with van der Waals surface area (Å²) in [5.74, 6) is 0.124. The minimum atomic E-state index is -0.393. The van der Waals surface area contributed by atoms with Crippen LogP contribution in [0.15, 0.2) is 36.4 Å². The Hall–Kier alpha value is -1.19. The number of hydrogen-bond acceptors (Lipinski definition) is 3. The molecule has 2 nitrogen and oxygen atoms in total. The molecule has 16 heavy (non-hydrogen) atoms. The number of esters is 1. The predicted octanol–water partition coefficient (Wildman–Crippen LogP) is 3.33. The van der Waals surface area contributed by atoms with Crippen molar-refractivity contribution in [3.8, 4) is 5.75 Å². The highest BCUT2D eigenvalue weighted by Gasteiger charge is 2.08. The number of benzene rings is 2. The van der Waals surface area contributed by atoms with Gasteiger partial charge >= 0.3 is 5.97 Å². The van der Waals surface area contributed by atoms with Crippen molar-refractivity contribution >= 4 is 41.0 Å². The Morgan fingerprint density at radius 1 is 1.25 bits per heavy atom. The fraction of sp³-hybridized carbons (Fsp3) is 0.0833. The highest BCUT2D eigenvalue weighted by atomic mass is 35.5. The Bertz CT molecular complexity index is 534. The molecule has 0 N–H and O–H groups in total. The summed E-state index contributed by atoms with van der Waals surface area (Å²) in [5.41, 5.74) is 0. The van der Waals surface area contributed by atoms with Crippen LogP contribution in [0.2, 0.25) is 5.02 Å². The van der Waals surface area contributed by atoms with Gasteiger partial charge in [0.15, 0.2) is 0 Å². The lowest BCUT2D eigenvalue weighted by Crippen LogP contribution is -2.09. The van der Waals surface area contributed by atoms with Crippen LogP contribution in [0.25, 0.3) is 10.8 Å². The number of ether oxygens (including phenoxy) is 1. The zero-order chi connectivity index (χ0) is 11.5. The van der Waals surface area contributed by atoms with Crippen LogP contribution >= 0.6 is 24.2 Å². The zero-order valence-corrected chi connectivity index (χ0v) is 9.96. The van der Waals surface area contributed by atoms with Crippen molar-refractivity contribution in [1.29, 1.82) is 0 Å². The van der Waals surface area contributed by atoms with Gasteiger partial charge in [0.1, 0.15) is 5.75 Å². The van der Waals surface area contributed by atoms with Crippen molar-refractivity contribution in [3.63, 3.8) is 0 Å². The maximum Gasteiger partial charge on any atom is 0.321 e. The molecular formula is C12H9ClO2S. The average molecular weight is 253 g/mol. The van der Waals surface area contributed by atoms with Crippen LogP contribution in [-0.4, -0.2) is 11.7 Å². The van der Waals surface area contributed by atoms with E-state index in [1.807, 2.05) is 24.3 Å². The topological polar surface area (TPSA) is 26.3 Å². The van der Waals surface area contributed by atoms with Crippen LogP contribution in [0.4, 0.5) is 0 Å². The third kappa shape index (κ3) is 2.15. The maximum absolute atomic E-state index is 11.2. The van der Waals surface area contributed by atoms with Crippen LogP contribution in [0.1, 0.15) is 0 Å². The molecule has 0 heterocycles. The fourth-order valence-corrected chi connectivity index (χ4v) is 1.84. The van der Waals surface area contributed by atoms with Gasteiger partial charge in [-0.1, -0.05) is 35.9 Å². The lowest BCUT2D eigenvalue weighted by atomic mass is 10.1. The Morgan fingerprint density at radius 2 is 1.94 bits per heavy atom. The summed E-state index contributed by atoms with van der Waals surface area (Å²) in [7, 11) is 0. The van der Waals surface area contributed by atoms with E-state index >= 15 is 0 Å². The van der Waals surface area contributed by atoms with Crippen molar-refractivity contribution < 1.29 is 9.53 Å². The molecule has 0 amide bonds. The second kappa shape index (κ2) is 4.76. The second-order valence-corrected chi connectivity index (χ2v) is 3.95. The third-order valence-corrected chi connectivity index (χ3v) is 2.74. The molecule has 2 aromatic carbocycles. The van der Waals surface area contributed by atoms with Gasteiger partial charge in [0, 0.05) is 5.39 Å². The molecule has 0 aliphatic carbocycles. The van der Waals surface area contributed by atoms with E-state index in [1.165, 1.54) is 0 Å². The predicted molar refractivity (Wildman–Crippen MR) is 68.4 cm³/mol. The van der Waals surface area contributed by atoms with Crippen molar-refractivity contribution in [2.45, 2.75) is 0 Å². The molecular weight excluding hydrogens is 244 g/mol. The molecule has 0 spiro atoms. The standard InChI is InChI=1S/C12H9ClO2S/c13-9-5-1-3-8-4-2-6-10(12(8)9)15-11(14)7-16/h1-6,16H,7H2. The molecule has 0 aliphatic rings. The Labute approximate surface area is 104 Å². The summed E-state index contributed by atoms with van der Waals surface area (Å²) < 4.78 is 5.16. The lowest BCUT2D eigenvalue weighted by Gasteiger charge is -2.07. The summed E-state index contributed by atoms with van der Waals surface area (Å²) in [6, 6.07) is 11.0. The number of thiol groups is 1. The van der Waals surface area contributed by atoms with Gasteiger partial charge in [-0.25, -0.2) is 0 Å². The van der Waals surface area contributed by atoms with Gasteiger partial charge in [0.05, 0.1) is 10.8 Å². The first-order valence-corrected chi connectivity index (χ1v) is 5.72. The van der Waals surface area contributed by atoms with Gasteiger partial charge in [-0.05, 0) is 17.5 Å². The Morgan fingerprint density at radius 3 is 2.62 bits per heavy atom. The average Bonchev–Trinajstić information content (AvgIpc) is 2.29. The first-order chi connectivity index (χ1) is 7.72. The molecule has 4 heteroatoms. The number of carbonyl (C=O) groups excluding carboxylic acids is 1. The molecule has 0 aliphatic heterocycles. The van der Waals surface area contributed by atoms with Crippen molar-refractivity contribution in [1.82, 2.24) is 0 Å². The van der Waals surface area contributed by atoms with E-state index < -0.39 is 5.97 Å². The highest BCUT2D eigenvalue weighted by Crippen LogP contribution is 2.31. The van der Waals surface area contributed by atoms with Crippen molar-refractivity contribution in [2.24, 2.45) is 0 Å². The number of rotatable bonds is 2. The molecule has 0 saturated carbocycles. The first kappa shape index (κ1) is 11.3. The van der Waals surface area contributed by atoms with E-state index in [1.54, 1.807) is 12.1 Å². The van der Waals surface area contributed by atoms with Crippen LogP contribution in [0, 0.1) is 0 Å². The molecule has 0 fully saturated rings. The van der Waals surface area contributed by atoms with E-state index in [2.05, 4.69) is 12.6 Å². The van der Waals surface area contributed by atoms with E-state index in [9.17, 15) is 4.79 Å². The normalized spacial score (nSPS) is 10.4. The first-order valence-electron chi connectivity index (χ1n) is 4.71. The van der Waals surface area contributed by atoms with Gasteiger partial charge in [0.25, 0.3) is 0 Å². The van der Waals surface area contributed by atoms with Gasteiger partial charge in [-0.15, -0.1) is 0 Å². The summed E-state index contributed by atoms with van der Waals surface area (Å²) in [5, 5.41) is 2.26. The van der Waals surface area contributed by atoms with E-state index in [0.29, 0.717) is 10.8 Å². The minimum absolute atomic E-state index is 0.0425.